The number of halogens is 2. The Kier molecular flexibility index (Phi) is 4.71. The van der Waals surface area contributed by atoms with Crippen molar-refractivity contribution in [3.05, 3.63) is 63.9 Å². The van der Waals surface area contributed by atoms with E-state index in [9.17, 15) is 4.79 Å². The van der Waals surface area contributed by atoms with E-state index in [-0.39, 0.29) is 5.91 Å². The number of rotatable bonds is 3. The predicted molar refractivity (Wildman–Crippen MR) is 80.4 cm³/mol. The molecule has 0 aliphatic heterocycles. The molecule has 0 fully saturated rings. The second-order valence-corrected chi connectivity index (χ2v) is 4.82. The van der Waals surface area contributed by atoms with Crippen LogP contribution in [0.5, 0.6) is 0 Å². The lowest BCUT2D eigenvalue weighted by Gasteiger charge is -2.04. The third-order valence-corrected chi connectivity index (χ3v) is 3.33. The number of benzene rings is 1. The molecule has 4 nitrogen and oxygen atoms in total. The minimum Gasteiger partial charge on any atom is -0.267 e. The van der Waals surface area contributed by atoms with Crippen LogP contribution in [0.3, 0.4) is 0 Å². The lowest BCUT2D eigenvalue weighted by molar-refractivity contribution is 0.0954. The maximum absolute atomic E-state index is 11.8. The van der Waals surface area contributed by atoms with E-state index in [1.807, 2.05) is 0 Å². The molecule has 2 rings (SSSR count). The van der Waals surface area contributed by atoms with Crippen molar-refractivity contribution >= 4 is 34.8 Å². The van der Waals surface area contributed by atoms with Crippen molar-refractivity contribution < 1.29 is 4.79 Å². The van der Waals surface area contributed by atoms with Crippen molar-refractivity contribution in [2.45, 2.75) is 6.92 Å². The van der Waals surface area contributed by atoms with Crippen LogP contribution in [0.4, 0.5) is 0 Å². The highest BCUT2D eigenvalue weighted by Crippen LogP contribution is 2.22. The van der Waals surface area contributed by atoms with Crippen LogP contribution in [-0.2, 0) is 0 Å². The molecular weight excluding hydrogens is 297 g/mol. The van der Waals surface area contributed by atoms with Gasteiger partial charge in [0.05, 0.1) is 21.3 Å². The summed E-state index contributed by atoms with van der Waals surface area (Å²) < 4.78 is 0. The molecular formula is C14H11Cl2N3O. The molecule has 0 saturated heterocycles. The van der Waals surface area contributed by atoms with Gasteiger partial charge in [-0.15, -0.1) is 0 Å². The van der Waals surface area contributed by atoms with Crippen LogP contribution in [0.25, 0.3) is 0 Å². The number of pyridine rings is 1. The second kappa shape index (κ2) is 6.50. The molecule has 1 aromatic heterocycles. The van der Waals surface area contributed by atoms with Crippen LogP contribution in [0.15, 0.2) is 47.8 Å². The fraction of sp³-hybridized carbons (Fsp3) is 0.0714. The SMILES string of the molecule is CC(=NNC(=O)c1cccnc1)c1ccc(Cl)c(Cl)c1. The van der Waals surface area contributed by atoms with Crippen LogP contribution >= 0.6 is 23.2 Å². The molecule has 1 aromatic carbocycles. The van der Waals surface area contributed by atoms with Gasteiger partial charge in [0.25, 0.3) is 5.91 Å². The van der Waals surface area contributed by atoms with Crippen molar-refractivity contribution in [2.24, 2.45) is 5.10 Å². The molecule has 6 heteroatoms. The van der Waals surface area contributed by atoms with Crippen molar-refractivity contribution in [3.8, 4) is 0 Å². The van der Waals surface area contributed by atoms with Gasteiger partial charge in [0.2, 0.25) is 0 Å². The third-order valence-electron chi connectivity index (χ3n) is 2.59. The number of hydrazone groups is 1. The first-order valence-electron chi connectivity index (χ1n) is 5.78. The van der Waals surface area contributed by atoms with Crippen LogP contribution < -0.4 is 5.43 Å². The molecule has 0 unspecified atom stereocenters. The Labute approximate surface area is 126 Å². The maximum Gasteiger partial charge on any atom is 0.272 e. The molecule has 1 amide bonds. The molecule has 20 heavy (non-hydrogen) atoms. The van der Waals surface area contributed by atoms with Crippen LogP contribution in [-0.4, -0.2) is 16.6 Å². The zero-order valence-corrected chi connectivity index (χ0v) is 12.1. The molecule has 1 heterocycles. The zero-order valence-electron chi connectivity index (χ0n) is 10.6. The minimum absolute atomic E-state index is 0.322. The van der Waals surface area contributed by atoms with E-state index >= 15 is 0 Å². The van der Waals surface area contributed by atoms with E-state index in [0.29, 0.717) is 21.3 Å². The van der Waals surface area contributed by atoms with Crippen LogP contribution in [0, 0.1) is 0 Å². The first-order valence-corrected chi connectivity index (χ1v) is 6.53. The molecule has 0 spiro atoms. The monoisotopic (exact) mass is 307 g/mol. The van der Waals surface area contributed by atoms with Gasteiger partial charge in [-0.2, -0.15) is 5.10 Å². The summed E-state index contributed by atoms with van der Waals surface area (Å²) >= 11 is 11.8. The van der Waals surface area contributed by atoms with E-state index in [4.69, 9.17) is 23.2 Å². The Morgan fingerprint density at radius 1 is 1.20 bits per heavy atom. The summed E-state index contributed by atoms with van der Waals surface area (Å²) in [6, 6.07) is 8.50. The molecule has 2 aromatic rings. The predicted octanol–water partition coefficient (Wildman–Crippen LogP) is 3.54. The van der Waals surface area contributed by atoms with Crippen molar-refractivity contribution in [2.75, 3.05) is 0 Å². The zero-order chi connectivity index (χ0) is 14.5. The third kappa shape index (κ3) is 3.56. The average Bonchev–Trinajstić information content (AvgIpc) is 2.48. The van der Waals surface area contributed by atoms with Gasteiger partial charge >= 0.3 is 0 Å². The summed E-state index contributed by atoms with van der Waals surface area (Å²) in [7, 11) is 0. The van der Waals surface area contributed by atoms with E-state index in [0.717, 1.165) is 5.56 Å². The molecule has 0 aliphatic carbocycles. The summed E-state index contributed by atoms with van der Waals surface area (Å²) in [6.07, 6.45) is 3.07. The van der Waals surface area contributed by atoms with E-state index in [2.05, 4.69) is 15.5 Å². The highest BCUT2D eigenvalue weighted by Gasteiger charge is 2.05. The van der Waals surface area contributed by atoms with E-state index in [1.165, 1.54) is 6.20 Å². The molecule has 0 atom stereocenters. The fourth-order valence-electron chi connectivity index (χ4n) is 1.48. The highest BCUT2D eigenvalue weighted by atomic mass is 35.5. The Balaban J connectivity index is 2.11. The highest BCUT2D eigenvalue weighted by molar-refractivity contribution is 6.42. The Morgan fingerprint density at radius 2 is 2.00 bits per heavy atom. The van der Waals surface area contributed by atoms with Gasteiger partial charge in [-0.25, -0.2) is 5.43 Å². The summed E-state index contributed by atoms with van der Waals surface area (Å²) in [5, 5.41) is 4.95. The normalized spacial score (nSPS) is 11.2. The summed E-state index contributed by atoms with van der Waals surface area (Å²) in [5.74, 6) is -0.322. The van der Waals surface area contributed by atoms with Gasteiger partial charge in [0.15, 0.2) is 0 Å². The molecule has 102 valence electrons. The van der Waals surface area contributed by atoms with Gasteiger partial charge in [-0.3, -0.25) is 9.78 Å². The molecule has 0 bridgehead atoms. The number of carbonyl (C=O) groups is 1. The fourth-order valence-corrected chi connectivity index (χ4v) is 1.78. The first-order chi connectivity index (χ1) is 9.58. The number of hydrogen-bond donors (Lipinski definition) is 1. The number of nitrogens with zero attached hydrogens (tertiary/aromatic N) is 2. The number of aromatic nitrogens is 1. The summed E-state index contributed by atoms with van der Waals surface area (Å²) in [5.41, 5.74) is 4.32. The van der Waals surface area contributed by atoms with Gasteiger partial charge < -0.3 is 0 Å². The van der Waals surface area contributed by atoms with Crippen molar-refractivity contribution in [1.29, 1.82) is 0 Å². The Morgan fingerprint density at radius 3 is 2.65 bits per heavy atom. The molecule has 0 radical (unpaired) electrons. The Hall–Kier alpha value is -1.91. The lowest BCUT2D eigenvalue weighted by Crippen LogP contribution is -2.19. The quantitative estimate of drug-likeness (QED) is 0.696. The average molecular weight is 308 g/mol. The summed E-state index contributed by atoms with van der Waals surface area (Å²) in [4.78, 5) is 15.7. The molecule has 1 N–H and O–H groups in total. The minimum atomic E-state index is -0.322. The standard InChI is InChI=1S/C14H11Cl2N3O/c1-9(10-4-5-12(15)13(16)7-10)18-19-14(20)11-3-2-6-17-8-11/h2-8H,1H3,(H,19,20). The van der Waals surface area contributed by atoms with Crippen LogP contribution in [0.2, 0.25) is 10.0 Å². The molecule has 0 saturated carbocycles. The van der Waals surface area contributed by atoms with E-state index in [1.54, 1.807) is 43.5 Å². The van der Waals surface area contributed by atoms with Crippen molar-refractivity contribution in [3.63, 3.8) is 0 Å². The van der Waals surface area contributed by atoms with Gasteiger partial charge in [0, 0.05) is 12.4 Å². The van der Waals surface area contributed by atoms with Crippen LogP contribution in [0.1, 0.15) is 22.8 Å². The smallest absolute Gasteiger partial charge is 0.267 e. The first kappa shape index (κ1) is 14.5. The number of carbonyl (C=O) groups excluding carboxylic acids is 1. The van der Waals surface area contributed by atoms with Crippen molar-refractivity contribution in [1.82, 2.24) is 10.4 Å². The van der Waals surface area contributed by atoms with Gasteiger partial charge in [0.1, 0.15) is 0 Å². The number of hydrogen-bond acceptors (Lipinski definition) is 3. The topological polar surface area (TPSA) is 54.4 Å². The number of nitrogens with one attached hydrogen (secondary N) is 1. The van der Waals surface area contributed by atoms with E-state index < -0.39 is 0 Å². The summed E-state index contributed by atoms with van der Waals surface area (Å²) in [6.45, 7) is 1.77. The lowest BCUT2D eigenvalue weighted by atomic mass is 10.1. The van der Waals surface area contributed by atoms with Gasteiger partial charge in [-0.05, 0) is 36.8 Å². The number of amides is 1. The Bertz CT molecular complexity index is 657. The maximum atomic E-state index is 11.8. The molecule has 0 aliphatic rings. The van der Waals surface area contributed by atoms with Gasteiger partial charge in [-0.1, -0.05) is 29.3 Å². The second-order valence-electron chi connectivity index (χ2n) is 4.01. The largest absolute Gasteiger partial charge is 0.272 e.